The lowest BCUT2D eigenvalue weighted by Gasteiger charge is -2.12. The summed E-state index contributed by atoms with van der Waals surface area (Å²) in [5.74, 6) is 0.820. The molecule has 0 saturated heterocycles. The van der Waals surface area contributed by atoms with Crippen LogP contribution in [0.1, 0.15) is 35.7 Å². The normalized spacial score (nSPS) is 10.4. The molecule has 1 rings (SSSR count). The quantitative estimate of drug-likeness (QED) is 0.814. The van der Waals surface area contributed by atoms with Crippen molar-refractivity contribution in [2.45, 2.75) is 19.8 Å². The summed E-state index contributed by atoms with van der Waals surface area (Å²) < 4.78 is 5.19. The maximum atomic E-state index is 11.9. The van der Waals surface area contributed by atoms with Crippen LogP contribution < -0.4 is 15.8 Å². The summed E-state index contributed by atoms with van der Waals surface area (Å²) in [6.07, 6.45) is 0. The van der Waals surface area contributed by atoms with Gasteiger partial charge in [-0.25, -0.2) is 0 Å². The molecule has 0 bridgehead atoms. The van der Waals surface area contributed by atoms with Gasteiger partial charge in [0.25, 0.3) is 5.91 Å². The molecular weight excluding hydrogens is 216 g/mol. The van der Waals surface area contributed by atoms with Crippen molar-refractivity contribution in [1.82, 2.24) is 5.32 Å². The van der Waals surface area contributed by atoms with E-state index in [1.807, 2.05) is 18.2 Å². The van der Waals surface area contributed by atoms with Gasteiger partial charge in [0, 0.05) is 13.1 Å². The van der Waals surface area contributed by atoms with Crippen LogP contribution in [0.5, 0.6) is 5.75 Å². The van der Waals surface area contributed by atoms with Crippen LogP contribution in [-0.2, 0) is 0 Å². The summed E-state index contributed by atoms with van der Waals surface area (Å²) >= 11 is 0. The van der Waals surface area contributed by atoms with Gasteiger partial charge in [0.2, 0.25) is 0 Å². The number of hydrogen-bond acceptors (Lipinski definition) is 3. The molecule has 3 N–H and O–H groups in total. The fourth-order valence-electron chi connectivity index (χ4n) is 1.54. The van der Waals surface area contributed by atoms with Crippen LogP contribution in [0.15, 0.2) is 18.2 Å². The molecule has 17 heavy (non-hydrogen) atoms. The summed E-state index contributed by atoms with van der Waals surface area (Å²) in [6, 6.07) is 5.67. The largest absolute Gasteiger partial charge is 0.496 e. The van der Waals surface area contributed by atoms with E-state index in [0.717, 1.165) is 5.56 Å². The average Bonchev–Trinajstić information content (AvgIpc) is 2.34. The molecule has 4 heteroatoms. The highest BCUT2D eigenvalue weighted by Gasteiger charge is 2.13. The molecule has 0 saturated carbocycles. The Hall–Kier alpha value is -1.55. The molecule has 0 aliphatic heterocycles. The first kappa shape index (κ1) is 13.5. The molecule has 0 aliphatic carbocycles. The topological polar surface area (TPSA) is 64.3 Å². The van der Waals surface area contributed by atoms with Crippen molar-refractivity contribution in [2.24, 2.45) is 5.73 Å². The maximum absolute atomic E-state index is 11.9. The van der Waals surface area contributed by atoms with Gasteiger partial charge in [-0.1, -0.05) is 19.9 Å². The Bertz CT molecular complexity index is 389. The zero-order valence-electron chi connectivity index (χ0n) is 10.6. The van der Waals surface area contributed by atoms with Crippen molar-refractivity contribution in [3.63, 3.8) is 0 Å². The van der Waals surface area contributed by atoms with Crippen molar-refractivity contribution in [3.05, 3.63) is 29.3 Å². The third kappa shape index (κ3) is 3.46. The highest BCUT2D eigenvalue weighted by atomic mass is 16.5. The van der Waals surface area contributed by atoms with Crippen molar-refractivity contribution in [1.29, 1.82) is 0 Å². The van der Waals surface area contributed by atoms with Crippen LogP contribution in [0.2, 0.25) is 0 Å². The van der Waals surface area contributed by atoms with E-state index in [-0.39, 0.29) is 5.91 Å². The number of carbonyl (C=O) groups excluding carboxylic acids is 1. The van der Waals surface area contributed by atoms with Gasteiger partial charge in [-0.15, -0.1) is 0 Å². The number of carbonyl (C=O) groups is 1. The predicted octanol–water partition coefficient (Wildman–Crippen LogP) is 1.51. The first-order valence-electron chi connectivity index (χ1n) is 5.76. The standard InChI is InChI=1S/C13H20N2O2/c1-9(2)10-4-5-12(17-3)11(8-10)13(16)15-7-6-14/h4-5,8-9H,6-7,14H2,1-3H3,(H,15,16). The average molecular weight is 236 g/mol. The maximum Gasteiger partial charge on any atom is 0.255 e. The van der Waals surface area contributed by atoms with Crippen LogP contribution in [0.25, 0.3) is 0 Å². The van der Waals surface area contributed by atoms with Gasteiger partial charge in [-0.05, 0) is 23.6 Å². The Morgan fingerprint density at radius 3 is 2.71 bits per heavy atom. The zero-order valence-corrected chi connectivity index (χ0v) is 10.6. The predicted molar refractivity (Wildman–Crippen MR) is 68.5 cm³/mol. The number of rotatable bonds is 5. The van der Waals surface area contributed by atoms with Crippen LogP contribution in [0.3, 0.4) is 0 Å². The van der Waals surface area contributed by atoms with Gasteiger partial charge in [0.05, 0.1) is 12.7 Å². The Morgan fingerprint density at radius 2 is 2.18 bits per heavy atom. The number of benzene rings is 1. The van der Waals surface area contributed by atoms with E-state index in [9.17, 15) is 4.79 Å². The number of amides is 1. The van der Waals surface area contributed by atoms with Gasteiger partial charge in [0.1, 0.15) is 5.75 Å². The van der Waals surface area contributed by atoms with E-state index in [0.29, 0.717) is 30.3 Å². The molecule has 0 aliphatic rings. The van der Waals surface area contributed by atoms with Crippen LogP contribution in [-0.4, -0.2) is 26.1 Å². The molecule has 94 valence electrons. The van der Waals surface area contributed by atoms with Gasteiger partial charge in [-0.3, -0.25) is 4.79 Å². The van der Waals surface area contributed by atoms with Crippen LogP contribution in [0, 0.1) is 0 Å². The van der Waals surface area contributed by atoms with Gasteiger partial charge in [0.15, 0.2) is 0 Å². The lowest BCUT2D eigenvalue weighted by molar-refractivity contribution is 0.0951. The molecule has 4 nitrogen and oxygen atoms in total. The van der Waals surface area contributed by atoms with Crippen molar-refractivity contribution >= 4 is 5.91 Å². The third-order valence-corrected chi connectivity index (χ3v) is 2.56. The van der Waals surface area contributed by atoms with E-state index in [4.69, 9.17) is 10.5 Å². The molecule has 1 aromatic rings. The molecular formula is C13H20N2O2. The van der Waals surface area contributed by atoms with Gasteiger partial charge >= 0.3 is 0 Å². The molecule has 0 spiro atoms. The molecule has 0 unspecified atom stereocenters. The number of ether oxygens (including phenoxy) is 1. The molecule has 0 aromatic heterocycles. The van der Waals surface area contributed by atoms with Crippen molar-refractivity contribution in [3.8, 4) is 5.75 Å². The lowest BCUT2D eigenvalue weighted by atomic mass is 10.00. The second-order valence-corrected chi connectivity index (χ2v) is 4.16. The lowest BCUT2D eigenvalue weighted by Crippen LogP contribution is -2.29. The Labute approximate surface area is 102 Å². The van der Waals surface area contributed by atoms with E-state index < -0.39 is 0 Å². The number of nitrogens with two attached hydrogens (primary N) is 1. The molecule has 0 radical (unpaired) electrons. The summed E-state index contributed by atoms with van der Waals surface area (Å²) in [5.41, 5.74) is 7.03. The van der Waals surface area contributed by atoms with E-state index in [1.165, 1.54) is 0 Å². The van der Waals surface area contributed by atoms with Crippen LogP contribution in [0.4, 0.5) is 0 Å². The number of nitrogens with one attached hydrogen (secondary N) is 1. The highest BCUT2D eigenvalue weighted by molar-refractivity contribution is 5.97. The van der Waals surface area contributed by atoms with E-state index in [2.05, 4.69) is 19.2 Å². The Balaban J connectivity index is 3.01. The smallest absolute Gasteiger partial charge is 0.255 e. The van der Waals surface area contributed by atoms with Crippen LogP contribution >= 0.6 is 0 Å². The molecule has 0 atom stereocenters. The van der Waals surface area contributed by atoms with E-state index >= 15 is 0 Å². The number of methoxy groups -OCH3 is 1. The van der Waals surface area contributed by atoms with Crippen molar-refractivity contribution < 1.29 is 9.53 Å². The molecule has 1 aromatic carbocycles. The molecule has 1 amide bonds. The monoisotopic (exact) mass is 236 g/mol. The molecule has 0 heterocycles. The number of hydrogen-bond donors (Lipinski definition) is 2. The second-order valence-electron chi connectivity index (χ2n) is 4.16. The fraction of sp³-hybridized carbons (Fsp3) is 0.462. The van der Waals surface area contributed by atoms with E-state index in [1.54, 1.807) is 7.11 Å². The van der Waals surface area contributed by atoms with Crippen molar-refractivity contribution in [2.75, 3.05) is 20.2 Å². The summed E-state index contributed by atoms with van der Waals surface area (Å²) in [7, 11) is 1.56. The van der Waals surface area contributed by atoms with Gasteiger partial charge in [-0.2, -0.15) is 0 Å². The second kappa shape index (κ2) is 6.25. The summed E-state index contributed by atoms with van der Waals surface area (Å²) in [5, 5.41) is 2.75. The Morgan fingerprint density at radius 1 is 1.47 bits per heavy atom. The third-order valence-electron chi connectivity index (χ3n) is 2.56. The summed E-state index contributed by atoms with van der Waals surface area (Å²) in [4.78, 5) is 11.9. The Kier molecular flexibility index (Phi) is 4.97. The minimum atomic E-state index is -0.144. The minimum absolute atomic E-state index is 0.144. The summed E-state index contributed by atoms with van der Waals surface area (Å²) in [6.45, 7) is 5.07. The highest BCUT2D eigenvalue weighted by Crippen LogP contribution is 2.23. The first-order chi connectivity index (χ1) is 8.10. The minimum Gasteiger partial charge on any atom is -0.496 e. The first-order valence-corrected chi connectivity index (χ1v) is 5.76. The SMILES string of the molecule is COc1ccc(C(C)C)cc1C(=O)NCCN. The molecule has 0 fully saturated rings. The zero-order chi connectivity index (χ0) is 12.8. The van der Waals surface area contributed by atoms with Gasteiger partial charge < -0.3 is 15.8 Å². The fourth-order valence-corrected chi connectivity index (χ4v) is 1.54.